The molecule has 5 nitrogen and oxygen atoms in total. The van der Waals surface area contributed by atoms with Crippen molar-refractivity contribution in [1.82, 2.24) is 15.6 Å². The van der Waals surface area contributed by atoms with Gasteiger partial charge in [0, 0.05) is 13.6 Å². The van der Waals surface area contributed by atoms with Crippen molar-refractivity contribution in [2.75, 3.05) is 20.2 Å². The molecule has 0 unspecified atom stereocenters. The number of carbonyl (C=O) groups excluding carboxylic acids is 1. The van der Waals surface area contributed by atoms with Gasteiger partial charge in [0.1, 0.15) is 5.75 Å². The highest BCUT2D eigenvalue weighted by Gasteiger charge is 2.00. The standard InChI is InChI=1S/C12H19N3O2/c1-3-14-8-10-4-5-11(9-15-10)17-7-6-12(16)13-2/h4-5,9,14H,3,6-8H2,1-2H3,(H,13,16). The number of ether oxygens (including phenoxy) is 1. The fourth-order valence-electron chi connectivity index (χ4n) is 1.24. The molecular formula is C12H19N3O2. The van der Waals surface area contributed by atoms with E-state index in [1.165, 1.54) is 0 Å². The first kappa shape index (κ1) is 13.4. The second-order valence-electron chi connectivity index (χ2n) is 3.54. The minimum atomic E-state index is -0.0262. The van der Waals surface area contributed by atoms with Gasteiger partial charge in [-0.05, 0) is 18.7 Å². The van der Waals surface area contributed by atoms with Crippen LogP contribution in [0.15, 0.2) is 18.3 Å². The Bertz CT molecular complexity index is 338. The minimum Gasteiger partial charge on any atom is -0.491 e. The van der Waals surface area contributed by atoms with Gasteiger partial charge >= 0.3 is 0 Å². The van der Waals surface area contributed by atoms with Gasteiger partial charge in [0.2, 0.25) is 5.91 Å². The normalized spacial score (nSPS) is 10.0. The lowest BCUT2D eigenvalue weighted by Gasteiger charge is -2.06. The van der Waals surface area contributed by atoms with Gasteiger partial charge in [0.25, 0.3) is 0 Å². The third kappa shape index (κ3) is 5.31. The summed E-state index contributed by atoms with van der Waals surface area (Å²) in [4.78, 5) is 15.2. The van der Waals surface area contributed by atoms with Crippen molar-refractivity contribution < 1.29 is 9.53 Å². The Hall–Kier alpha value is -1.62. The zero-order valence-corrected chi connectivity index (χ0v) is 10.3. The highest BCUT2D eigenvalue weighted by Crippen LogP contribution is 2.09. The average Bonchev–Trinajstić information content (AvgIpc) is 2.37. The highest BCUT2D eigenvalue weighted by atomic mass is 16.5. The summed E-state index contributed by atoms with van der Waals surface area (Å²) in [7, 11) is 1.61. The van der Waals surface area contributed by atoms with Crippen molar-refractivity contribution in [2.24, 2.45) is 0 Å². The van der Waals surface area contributed by atoms with E-state index in [9.17, 15) is 4.79 Å². The van der Waals surface area contributed by atoms with Crippen LogP contribution in [0.5, 0.6) is 5.75 Å². The number of rotatable bonds is 7. The Balaban J connectivity index is 2.32. The van der Waals surface area contributed by atoms with Crippen molar-refractivity contribution in [3.05, 3.63) is 24.0 Å². The Kier molecular flexibility index (Phi) is 6.03. The number of amides is 1. The van der Waals surface area contributed by atoms with E-state index < -0.39 is 0 Å². The number of aromatic nitrogens is 1. The van der Waals surface area contributed by atoms with Gasteiger partial charge in [0.05, 0.1) is 24.9 Å². The Morgan fingerprint density at radius 1 is 1.47 bits per heavy atom. The van der Waals surface area contributed by atoms with E-state index >= 15 is 0 Å². The monoisotopic (exact) mass is 237 g/mol. The number of hydrogen-bond acceptors (Lipinski definition) is 4. The molecule has 0 aromatic carbocycles. The smallest absolute Gasteiger partial charge is 0.223 e. The van der Waals surface area contributed by atoms with Crippen molar-refractivity contribution in [1.29, 1.82) is 0 Å². The first-order valence-corrected chi connectivity index (χ1v) is 5.75. The first-order chi connectivity index (χ1) is 8.26. The van der Waals surface area contributed by atoms with Crippen LogP contribution in [-0.4, -0.2) is 31.1 Å². The molecule has 5 heteroatoms. The number of nitrogens with zero attached hydrogens (tertiary/aromatic N) is 1. The Labute approximate surface area is 102 Å². The van der Waals surface area contributed by atoms with Crippen LogP contribution < -0.4 is 15.4 Å². The topological polar surface area (TPSA) is 63.2 Å². The molecule has 0 fully saturated rings. The van der Waals surface area contributed by atoms with E-state index in [2.05, 4.69) is 22.5 Å². The molecular weight excluding hydrogens is 218 g/mol. The van der Waals surface area contributed by atoms with E-state index in [0.717, 1.165) is 18.8 Å². The van der Waals surface area contributed by atoms with Gasteiger partial charge < -0.3 is 15.4 Å². The van der Waals surface area contributed by atoms with E-state index in [-0.39, 0.29) is 5.91 Å². The lowest BCUT2D eigenvalue weighted by molar-refractivity contribution is -0.121. The summed E-state index contributed by atoms with van der Waals surface area (Å²) in [5, 5.41) is 5.73. The largest absolute Gasteiger partial charge is 0.491 e. The Morgan fingerprint density at radius 3 is 2.88 bits per heavy atom. The molecule has 94 valence electrons. The molecule has 1 aromatic rings. The van der Waals surface area contributed by atoms with Gasteiger partial charge in [-0.1, -0.05) is 6.92 Å². The molecule has 0 radical (unpaired) electrons. The summed E-state index contributed by atoms with van der Waals surface area (Å²) in [6.45, 7) is 4.10. The van der Waals surface area contributed by atoms with Gasteiger partial charge in [-0.15, -0.1) is 0 Å². The fourth-order valence-corrected chi connectivity index (χ4v) is 1.24. The number of pyridine rings is 1. The molecule has 1 heterocycles. The van der Waals surface area contributed by atoms with Gasteiger partial charge in [-0.2, -0.15) is 0 Å². The summed E-state index contributed by atoms with van der Waals surface area (Å²) in [6.07, 6.45) is 2.03. The third-order valence-corrected chi connectivity index (χ3v) is 2.23. The van der Waals surface area contributed by atoms with Crippen LogP contribution in [-0.2, 0) is 11.3 Å². The van der Waals surface area contributed by atoms with Crippen molar-refractivity contribution >= 4 is 5.91 Å². The second kappa shape index (κ2) is 7.62. The number of hydrogen-bond donors (Lipinski definition) is 2. The zero-order valence-electron chi connectivity index (χ0n) is 10.3. The SMILES string of the molecule is CCNCc1ccc(OCCC(=O)NC)cn1. The predicted molar refractivity (Wildman–Crippen MR) is 65.8 cm³/mol. The van der Waals surface area contributed by atoms with E-state index in [0.29, 0.717) is 18.8 Å². The molecule has 1 rings (SSSR count). The van der Waals surface area contributed by atoms with E-state index in [1.807, 2.05) is 12.1 Å². The average molecular weight is 237 g/mol. The molecule has 0 aliphatic heterocycles. The molecule has 0 saturated carbocycles. The van der Waals surface area contributed by atoms with Gasteiger partial charge in [-0.25, -0.2) is 0 Å². The minimum absolute atomic E-state index is 0.0262. The van der Waals surface area contributed by atoms with Crippen LogP contribution in [0.3, 0.4) is 0 Å². The summed E-state index contributed by atoms with van der Waals surface area (Å²) in [6, 6.07) is 3.78. The highest BCUT2D eigenvalue weighted by molar-refractivity contribution is 5.75. The first-order valence-electron chi connectivity index (χ1n) is 5.75. The lowest BCUT2D eigenvalue weighted by Crippen LogP contribution is -2.20. The molecule has 0 saturated heterocycles. The van der Waals surface area contributed by atoms with Crippen LogP contribution in [0, 0.1) is 0 Å². The van der Waals surface area contributed by atoms with Crippen LogP contribution in [0.4, 0.5) is 0 Å². The zero-order chi connectivity index (χ0) is 12.5. The molecule has 0 aliphatic rings. The van der Waals surface area contributed by atoms with Crippen LogP contribution in [0.2, 0.25) is 0 Å². The number of nitrogens with one attached hydrogen (secondary N) is 2. The molecule has 1 amide bonds. The molecule has 0 aliphatic carbocycles. The van der Waals surface area contributed by atoms with Crippen molar-refractivity contribution in [3.63, 3.8) is 0 Å². The molecule has 1 aromatic heterocycles. The number of carbonyl (C=O) groups is 1. The van der Waals surface area contributed by atoms with Crippen LogP contribution in [0.1, 0.15) is 19.0 Å². The van der Waals surface area contributed by atoms with E-state index in [1.54, 1.807) is 13.2 Å². The molecule has 0 spiro atoms. The fraction of sp³-hybridized carbons (Fsp3) is 0.500. The van der Waals surface area contributed by atoms with Crippen molar-refractivity contribution in [3.8, 4) is 5.75 Å². The molecule has 0 bridgehead atoms. The van der Waals surface area contributed by atoms with E-state index in [4.69, 9.17) is 4.74 Å². The maximum Gasteiger partial charge on any atom is 0.223 e. The maximum absolute atomic E-state index is 11.0. The maximum atomic E-state index is 11.0. The Morgan fingerprint density at radius 2 is 2.29 bits per heavy atom. The summed E-state index contributed by atoms with van der Waals surface area (Å²) < 4.78 is 5.39. The summed E-state index contributed by atoms with van der Waals surface area (Å²) in [5.41, 5.74) is 0.977. The van der Waals surface area contributed by atoms with Gasteiger partial charge in [-0.3, -0.25) is 9.78 Å². The van der Waals surface area contributed by atoms with Crippen LogP contribution in [0.25, 0.3) is 0 Å². The second-order valence-corrected chi connectivity index (χ2v) is 3.54. The van der Waals surface area contributed by atoms with Crippen LogP contribution >= 0.6 is 0 Å². The quantitative estimate of drug-likeness (QED) is 0.733. The third-order valence-electron chi connectivity index (χ3n) is 2.23. The lowest BCUT2D eigenvalue weighted by atomic mass is 10.3. The molecule has 17 heavy (non-hydrogen) atoms. The summed E-state index contributed by atoms with van der Waals surface area (Å²) in [5.74, 6) is 0.663. The van der Waals surface area contributed by atoms with Crippen molar-refractivity contribution in [2.45, 2.75) is 19.9 Å². The predicted octanol–water partition coefficient (Wildman–Crippen LogP) is 0.706. The molecule has 2 N–H and O–H groups in total. The van der Waals surface area contributed by atoms with Gasteiger partial charge in [0.15, 0.2) is 0 Å². The molecule has 0 atom stereocenters. The summed E-state index contributed by atoms with van der Waals surface area (Å²) >= 11 is 0.